The average Bonchev–Trinajstić information content (AvgIpc) is 2.84. The van der Waals surface area contributed by atoms with E-state index in [1.54, 1.807) is 12.1 Å². The molecule has 0 aromatic heterocycles. The molecule has 0 unspecified atom stereocenters. The lowest BCUT2D eigenvalue weighted by Gasteiger charge is -2.32. The normalized spacial score (nSPS) is 14.3. The van der Waals surface area contributed by atoms with E-state index in [2.05, 4.69) is 40.5 Å². The second-order valence-corrected chi connectivity index (χ2v) is 9.19. The zero-order valence-electron chi connectivity index (χ0n) is 19.4. The number of halogens is 2. The van der Waals surface area contributed by atoms with E-state index >= 15 is 0 Å². The lowest BCUT2D eigenvalue weighted by Crippen LogP contribution is -2.39. The molecular formula is C28H33Cl2N3O. The highest BCUT2D eigenvalue weighted by Crippen LogP contribution is 2.23. The molecule has 0 saturated carbocycles. The van der Waals surface area contributed by atoms with Crippen LogP contribution in [0.25, 0.3) is 0 Å². The van der Waals surface area contributed by atoms with Crippen molar-refractivity contribution in [3.63, 3.8) is 0 Å². The standard InChI is InChI=1S/C28H32ClN3O.ClH/c29-25-11-7-12-26(22-25)30-28(33)32(27-13-5-2-6-14-27)18-8-17-31-19-15-24(16-20-31)21-23-9-3-1-4-10-23;/h1-7,9-14,22,24H,8,15-21H2,(H,30,33);1H. The first-order valence-corrected chi connectivity index (χ1v) is 12.2. The number of carbonyl (C=O) groups is 1. The van der Waals surface area contributed by atoms with Crippen molar-refractivity contribution in [2.24, 2.45) is 5.92 Å². The van der Waals surface area contributed by atoms with Crippen LogP contribution in [0, 0.1) is 5.92 Å². The largest absolute Gasteiger partial charge is 0.326 e. The van der Waals surface area contributed by atoms with Gasteiger partial charge in [0, 0.05) is 22.9 Å². The number of urea groups is 1. The third-order valence-corrected chi connectivity index (χ3v) is 6.55. The van der Waals surface area contributed by atoms with Gasteiger partial charge in [-0.25, -0.2) is 4.79 Å². The minimum absolute atomic E-state index is 0. The van der Waals surface area contributed by atoms with E-state index < -0.39 is 0 Å². The molecule has 1 aliphatic rings. The number of amides is 2. The minimum Gasteiger partial charge on any atom is -0.307 e. The summed E-state index contributed by atoms with van der Waals surface area (Å²) < 4.78 is 0. The molecule has 34 heavy (non-hydrogen) atoms. The lowest BCUT2D eigenvalue weighted by atomic mass is 9.90. The quantitative estimate of drug-likeness (QED) is 0.358. The lowest BCUT2D eigenvalue weighted by molar-refractivity contribution is 0.183. The van der Waals surface area contributed by atoms with Crippen molar-refractivity contribution in [3.05, 3.63) is 95.5 Å². The van der Waals surface area contributed by atoms with Gasteiger partial charge >= 0.3 is 6.03 Å². The highest BCUT2D eigenvalue weighted by molar-refractivity contribution is 6.30. The fourth-order valence-electron chi connectivity index (χ4n) is 4.53. The number of nitrogens with zero attached hydrogens (tertiary/aromatic N) is 2. The van der Waals surface area contributed by atoms with Gasteiger partial charge in [-0.2, -0.15) is 0 Å². The first-order valence-electron chi connectivity index (χ1n) is 11.8. The number of piperidine rings is 1. The molecular weight excluding hydrogens is 465 g/mol. The van der Waals surface area contributed by atoms with E-state index in [-0.39, 0.29) is 18.4 Å². The van der Waals surface area contributed by atoms with Crippen LogP contribution in [0.5, 0.6) is 0 Å². The van der Waals surface area contributed by atoms with Crippen molar-refractivity contribution < 1.29 is 4.79 Å². The fourth-order valence-corrected chi connectivity index (χ4v) is 4.72. The SMILES string of the molecule is Cl.O=C(Nc1cccc(Cl)c1)N(CCCN1CCC(Cc2ccccc2)CC1)c1ccccc1. The number of anilines is 2. The Morgan fingerprint density at radius 1 is 0.941 bits per heavy atom. The van der Waals surface area contributed by atoms with Gasteiger partial charge in [0.1, 0.15) is 0 Å². The van der Waals surface area contributed by atoms with E-state index in [1.807, 2.05) is 47.4 Å². The molecule has 4 rings (SSSR count). The first-order chi connectivity index (χ1) is 16.2. The Morgan fingerprint density at radius 2 is 1.62 bits per heavy atom. The van der Waals surface area contributed by atoms with Crippen LogP contribution in [0.4, 0.5) is 16.2 Å². The molecule has 0 radical (unpaired) electrons. The second kappa shape index (κ2) is 13.4. The maximum Gasteiger partial charge on any atom is 0.326 e. The molecule has 1 fully saturated rings. The molecule has 0 atom stereocenters. The smallest absolute Gasteiger partial charge is 0.307 e. The summed E-state index contributed by atoms with van der Waals surface area (Å²) in [4.78, 5) is 17.4. The van der Waals surface area contributed by atoms with Gasteiger partial charge in [-0.1, -0.05) is 66.2 Å². The van der Waals surface area contributed by atoms with E-state index in [1.165, 1.54) is 24.8 Å². The maximum absolute atomic E-state index is 13.1. The minimum atomic E-state index is -0.134. The molecule has 1 N–H and O–H groups in total. The summed E-state index contributed by atoms with van der Waals surface area (Å²) in [5.74, 6) is 0.771. The third-order valence-electron chi connectivity index (χ3n) is 6.32. The number of hydrogen-bond acceptors (Lipinski definition) is 2. The van der Waals surface area contributed by atoms with E-state index in [0.29, 0.717) is 17.3 Å². The second-order valence-electron chi connectivity index (χ2n) is 8.76. The summed E-state index contributed by atoms with van der Waals surface area (Å²) in [6.07, 6.45) is 4.60. The van der Waals surface area contributed by atoms with Gasteiger partial charge in [0.05, 0.1) is 0 Å². The highest BCUT2D eigenvalue weighted by Gasteiger charge is 2.20. The van der Waals surface area contributed by atoms with E-state index in [0.717, 1.165) is 37.7 Å². The number of para-hydroxylation sites is 1. The van der Waals surface area contributed by atoms with Crippen LogP contribution in [0.1, 0.15) is 24.8 Å². The van der Waals surface area contributed by atoms with Gasteiger partial charge in [0.25, 0.3) is 0 Å². The maximum atomic E-state index is 13.1. The number of nitrogens with one attached hydrogen (secondary N) is 1. The summed E-state index contributed by atoms with van der Waals surface area (Å²) in [5, 5.41) is 3.59. The average molecular weight is 498 g/mol. The molecule has 0 bridgehead atoms. The van der Waals surface area contributed by atoms with Crippen molar-refractivity contribution in [2.45, 2.75) is 25.7 Å². The van der Waals surface area contributed by atoms with E-state index in [4.69, 9.17) is 11.6 Å². The zero-order chi connectivity index (χ0) is 22.9. The molecule has 1 heterocycles. The van der Waals surface area contributed by atoms with E-state index in [9.17, 15) is 4.79 Å². The number of likely N-dealkylation sites (tertiary alicyclic amines) is 1. The Kier molecular flexibility index (Phi) is 10.3. The Bertz CT molecular complexity index is 1010. The van der Waals surface area contributed by atoms with Crippen molar-refractivity contribution in [1.82, 2.24) is 4.90 Å². The number of hydrogen-bond donors (Lipinski definition) is 1. The van der Waals surface area contributed by atoms with Gasteiger partial charge in [0.15, 0.2) is 0 Å². The first kappa shape index (κ1) is 26.1. The van der Waals surface area contributed by atoms with Crippen LogP contribution < -0.4 is 10.2 Å². The van der Waals surface area contributed by atoms with Gasteiger partial charge in [0.2, 0.25) is 0 Å². The molecule has 6 heteroatoms. The molecule has 180 valence electrons. The summed E-state index contributed by atoms with van der Waals surface area (Å²) in [7, 11) is 0. The summed E-state index contributed by atoms with van der Waals surface area (Å²) in [6.45, 7) is 3.95. The molecule has 1 aliphatic heterocycles. The van der Waals surface area contributed by atoms with Gasteiger partial charge in [-0.05, 0) is 87.1 Å². The van der Waals surface area contributed by atoms with Crippen LogP contribution in [-0.2, 0) is 6.42 Å². The highest BCUT2D eigenvalue weighted by atomic mass is 35.5. The van der Waals surface area contributed by atoms with Gasteiger partial charge < -0.3 is 10.2 Å². The Morgan fingerprint density at radius 3 is 2.29 bits per heavy atom. The molecule has 0 aliphatic carbocycles. The van der Waals surface area contributed by atoms with Crippen LogP contribution in [0.2, 0.25) is 5.02 Å². The van der Waals surface area contributed by atoms with Crippen LogP contribution in [0.15, 0.2) is 84.9 Å². The number of benzene rings is 3. The van der Waals surface area contributed by atoms with Crippen LogP contribution >= 0.6 is 24.0 Å². The molecule has 4 nitrogen and oxygen atoms in total. The Balaban J connectivity index is 0.00000324. The fraction of sp³-hybridized carbons (Fsp3) is 0.321. The molecule has 2 amide bonds. The monoisotopic (exact) mass is 497 g/mol. The topological polar surface area (TPSA) is 35.6 Å². The van der Waals surface area contributed by atoms with Crippen LogP contribution in [0.3, 0.4) is 0 Å². The number of carbonyl (C=O) groups excluding carboxylic acids is 1. The van der Waals surface area contributed by atoms with Gasteiger partial charge in [-0.3, -0.25) is 4.90 Å². The predicted molar refractivity (Wildman–Crippen MR) is 145 cm³/mol. The summed E-state index contributed by atoms with van der Waals surface area (Å²) in [5.41, 5.74) is 3.05. The summed E-state index contributed by atoms with van der Waals surface area (Å²) in [6, 6.07) is 27.8. The predicted octanol–water partition coefficient (Wildman–Crippen LogP) is 7.15. The molecule has 1 saturated heterocycles. The van der Waals surface area contributed by atoms with Crippen molar-refractivity contribution >= 4 is 41.4 Å². The van der Waals surface area contributed by atoms with Crippen molar-refractivity contribution in [2.75, 3.05) is 36.4 Å². The van der Waals surface area contributed by atoms with Crippen molar-refractivity contribution in [3.8, 4) is 0 Å². The Hall–Kier alpha value is -2.53. The van der Waals surface area contributed by atoms with Crippen molar-refractivity contribution in [1.29, 1.82) is 0 Å². The molecule has 0 spiro atoms. The summed E-state index contributed by atoms with van der Waals surface area (Å²) >= 11 is 6.08. The molecule has 3 aromatic carbocycles. The third kappa shape index (κ3) is 7.76. The molecule has 3 aromatic rings. The number of rotatable bonds is 8. The zero-order valence-corrected chi connectivity index (χ0v) is 21.0. The Labute approximate surface area is 214 Å². The van der Waals surface area contributed by atoms with Crippen LogP contribution in [-0.4, -0.2) is 37.1 Å². The van der Waals surface area contributed by atoms with Gasteiger partial charge in [-0.15, -0.1) is 12.4 Å².